The molecule has 0 amide bonds. The minimum Gasteiger partial charge on any atom is -0.374 e. The van der Waals surface area contributed by atoms with Crippen molar-refractivity contribution in [3.8, 4) is 0 Å². The molecule has 0 unspecified atom stereocenters. The lowest BCUT2D eigenvalue weighted by atomic mass is 10.1. The first-order chi connectivity index (χ1) is 5.27. The number of nitrogens with zero attached hydrogens (tertiary/aromatic N) is 1. The van der Waals surface area contributed by atoms with E-state index in [1.807, 2.05) is 0 Å². The highest BCUT2D eigenvalue weighted by Crippen LogP contribution is 2.33. The summed E-state index contributed by atoms with van der Waals surface area (Å²) in [4.78, 5) is 2.08. The van der Waals surface area contributed by atoms with Gasteiger partial charge in [-0.2, -0.15) is 0 Å². The summed E-state index contributed by atoms with van der Waals surface area (Å²) in [6.07, 6.45) is 1.59. The molecule has 1 fully saturated rings. The molecule has 2 heterocycles. The van der Waals surface area contributed by atoms with E-state index in [9.17, 15) is 8.78 Å². The molecular weight excluding hydrogens is 148 g/mol. The molecule has 2 rings (SSSR count). The van der Waals surface area contributed by atoms with Gasteiger partial charge in [0.1, 0.15) is 0 Å². The molecule has 1 atom stereocenters. The topological polar surface area (TPSA) is 3.24 Å². The zero-order chi connectivity index (χ0) is 7.84. The maximum absolute atomic E-state index is 12.2. The van der Waals surface area contributed by atoms with Gasteiger partial charge in [0.2, 0.25) is 6.43 Å². The fourth-order valence-electron chi connectivity index (χ4n) is 1.87. The van der Waals surface area contributed by atoms with Crippen molar-refractivity contribution < 1.29 is 8.78 Å². The third-order valence-electron chi connectivity index (χ3n) is 2.47. The molecule has 2 aliphatic heterocycles. The lowest BCUT2D eigenvalue weighted by Gasteiger charge is -2.13. The van der Waals surface area contributed by atoms with E-state index in [2.05, 4.69) is 11.0 Å². The van der Waals surface area contributed by atoms with Crippen molar-refractivity contribution in [1.82, 2.24) is 4.90 Å². The maximum Gasteiger partial charge on any atom is 0.243 e. The highest BCUT2D eigenvalue weighted by Gasteiger charge is 2.33. The van der Waals surface area contributed by atoms with Crippen molar-refractivity contribution in [2.75, 3.05) is 13.1 Å². The number of allylic oxidation sites excluding steroid dienone is 1. The van der Waals surface area contributed by atoms with Gasteiger partial charge in [-0.05, 0) is 12.8 Å². The number of halogens is 2. The van der Waals surface area contributed by atoms with Crippen molar-refractivity contribution in [1.29, 1.82) is 0 Å². The summed E-state index contributed by atoms with van der Waals surface area (Å²) in [6, 6.07) is 0. The van der Waals surface area contributed by atoms with Crippen LogP contribution in [0.5, 0.6) is 0 Å². The summed E-state index contributed by atoms with van der Waals surface area (Å²) in [6.45, 7) is 1.53. The average Bonchev–Trinajstić information content (AvgIpc) is 2.40. The SMILES string of the molecule is FC(F)[C@H]1CC2=CCCN2C1. The van der Waals surface area contributed by atoms with Crippen molar-refractivity contribution in [3.05, 3.63) is 11.8 Å². The summed E-state index contributed by atoms with van der Waals surface area (Å²) in [5.74, 6) is -0.401. The van der Waals surface area contributed by atoms with Crippen molar-refractivity contribution in [2.45, 2.75) is 19.3 Å². The van der Waals surface area contributed by atoms with Crippen LogP contribution in [0, 0.1) is 5.92 Å². The molecule has 0 spiro atoms. The van der Waals surface area contributed by atoms with Gasteiger partial charge < -0.3 is 4.90 Å². The van der Waals surface area contributed by atoms with Crippen LogP contribution in [-0.4, -0.2) is 24.4 Å². The van der Waals surface area contributed by atoms with Crippen LogP contribution in [0.25, 0.3) is 0 Å². The standard InChI is InChI=1S/C8H11F2N/c9-8(10)6-4-7-2-1-3-11(7)5-6/h2,6,8H,1,3-5H2/t6-/m0/s1. The summed E-state index contributed by atoms with van der Waals surface area (Å²) >= 11 is 0. The lowest BCUT2D eigenvalue weighted by molar-refractivity contribution is 0.0809. The van der Waals surface area contributed by atoms with Crippen LogP contribution in [0.1, 0.15) is 12.8 Å². The van der Waals surface area contributed by atoms with Gasteiger partial charge in [-0.15, -0.1) is 0 Å². The zero-order valence-electron chi connectivity index (χ0n) is 6.26. The van der Waals surface area contributed by atoms with E-state index < -0.39 is 12.3 Å². The van der Waals surface area contributed by atoms with Crippen LogP contribution in [0.4, 0.5) is 8.78 Å². The summed E-state index contributed by atoms with van der Waals surface area (Å²) in [5.41, 5.74) is 1.15. The smallest absolute Gasteiger partial charge is 0.243 e. The molecule has 1 saturated heterocycles. The molecule has 11 heavy (non-hydrogen) atoms. The van der Waals surface area contributed by atoms with Gasteiger partial charge >= 0.3 is 0 Å². The van der Waals surface area contributed by atoms with E-state index >= 15 is 0 Å². The maximum atomic E-state index is 12.2. The Morgan fingerprint density at radius 2 is 2.36 bits per heavy atom. The normalized spacial score (nSPS) is 29.5. The first kappa shape index (κ1) is 7.07. The van der Waals surface area contributed by atoms with Gasteiger partial charge in [-0.3, -0.25) is 0 Å². The van der Waals surface area contributed by atoms with Gasteiger partial charge in [0.15, 0.2) is 0 Å². The van der Waals surface area contributed by atoms with Gasteiger partial charge in [-0.25, -0.2) is 8.78 Å². The summed E-state index contributed by atoms with van der Waals surface area (Å²) in [7, 11) is 0. The second-order valence-corrected chi connectivity index (χ2v) is 3.23. The molecule has 0 aromatic rings. The van der Waals surface area contributed by atoms with Gasteiger partial charge in [0, 0.05) is 24.7 Å². The van der Waals surface area contributed by atoms with Crippen LogP contribution in [0.3, 0.4) is 0 Å². The second kappa shape index (κ2) is 2.47. The second-order valence-electron chi connectivity index (χ2n) is 3.23. The summed E-state index contributed by atoms with van der Waals surface area (Å²) in [5, 5.41) is 0. The average molecular weight is 159 g/mol. The van der Waals surface area contributed by atoms with E-state index in [4.69, 9.17) is 0 Å². The van der Waals surface area contributed by atoms with Crippen LogP contribution < -0.4 is 0 Å². The molecule has 2 aliphatic rings. The molecule has 3 heteroatoms. The van der Waals surface area contributed by atoms with Crippen LogP contribution in [0.2, 0.25) is 0 Å². The molecule has 0 N–H and O–H groups in total. The van der Waals surface area contributed by atoms with Crippen molar-refractivity contribution in [2.24, 2.45) is 5.92 Å². The van der Waals surface area contributed by atoms with Crippen LogP contribution >= 0.6 is 0 Å². The molecule has 0 saturated carbocycles. The first-order valence-corrected chi connectivity index (χ1v) is 3.99. The Labute approximate surface area is 64.7 Å². The third kappa shape index (κ3) is 1.12. The molecule has 0 aromatic carbocycles. The molecular formula is C8H11F2N. The molecule has 0 radical (unpaired) electrons. The minimum atomic E-state index is -2.14. The van der Waals surface area contributed by atoms with Crippen LogP contribution in [-0.2, 0) is 0 Å². The predicted molar refractivity (Wildman–Crippen MR) is 38.4 cm³/mol. The fourth-order valence-corrected chi connectivity index (χ4v) is 1.87. The summed E-state index contributed by atoms with van der Waals surface area (Å²) < 4.78 is 24.4. The van der Waals surface area contributed by atoms with Crippen molar-refractivity contribution >= 4 is 0 Å². The van der Waals surface area contributed by atoms with Crippen molar-refractivity contribution in [3.63, 3.8) is 0 Å². The quantitative estimate of drug-likeness (QED) is 0.564. The predicted octanol–water partition coefficient (Wildman–Crippen LogP) is 1.86. The highest BCUT2D eigenvalue weighted by atomic mass is 19.3. The Bertz CT molecular complexity index is 189. The van der Waals surface area contributed by atoms with E-state index in [1.165, 1.54) is 0 Å². The monoisotopic (exact) mass is 159 g/mol. The van der Waals surface area contributed by atoms with E-state index in [0.29, 0.717) is 13.0 Å². The van der Waals surface area contributed by atoms with E-state index in [-0.39, 0.29) is 0 Å². The molecule has 62 valence electrons. The Morgan fingerprint density at radius 1 is 1.55 bits per heavy atom. The molecule has 0 aliphatic carbocycles. The van der Waals surface area contributed by atoms with E-state index in [1.54, 1.807) is 0 Å². The lowest BCUT2D eigenvalue weighted by Crippen LogP contribution is -2.20. The van der Waals surface area contributed by atoms with E-state index in [0.717, 1.165) is 18.7 Å². The third-order valence-corrected chi connectivity index (χ3v) is 2.47. The number of fused-ring (bicyclic) bond motifs is 1. The minimum absolute atomic E-state index is 0.401. The van der Waals surface area contributed by atoms with Gasteiger partial charge in [0.05, 0.1) is 0 Å². The largest absolute Gasteiger partial charge is 0.374 e. The Balaban J connectivity index is 2.03. The Kier molecular flexibility index (Phi) is 1.59. The first-order valence-electron chi connectivity index (χ1n) is 3.99. The zero-order valence-corrected chi connectivity index (χ0v) is 6.26. The number of hydrogen-bond donors (Lipinski definition) is 0. The van der Waals surface area contributed by atoms with Crippen LogP contribution in [0.15, 0.2) is 11.8 Å². The Hall–Kier alpha value is -0.600. The van der Waals surface area contributed by atoms with Gasteiger partial charge in [-0.1, -0.05) is 6.08 Å². The van der Waals surface area contributed by atoms with Gasteiger partial charge in [0.25, 0.3) is 0 Å². The molecule has 0 aromatic heterocycles. The number of hydrogen-bond acceptors (Lipinski definition) is 1. The highest BCUT2D eigenvalue weighted by molar-refractivity contribution is 5.13. The molecule has 1 nitrogen and oxygen atoms in total. The molecule has 0 bridgehead atoms. The number of rotatable bonds is 1. The fraction of sp³-hybridized carbons (Fsp3) is 0.750. The Morgan fingerprint density at radius 3 is 3.00 bits per heavy atom. The number of alkyl halides is 2.